The summed E-state index contributed by atoms with van der Waals surface area (Å²) in [6.07, 6.45) is 0.811. The van der Waals surface area contributed by atoms with Gasteiger partial charge < -0.3 is 5.32 Å². The maximum atomic E-state index is 11.8. The fourth-order valence-electron chi connectivity index (χ4n) is 1.73. The highest BCUT2D eigenvalue weighted by atomic mass is 79.9. The first-order valence-electron chi connectivity index (χ1n) is 6.53. The molecule has 110 valence electrons. The zero-order valence-electron chi connectivity index (χ0n) is 11.3. The van der Waals surface area contributed by atoms with Crippen molar-refractivity contribution in [3.63, 3.8) is 0 Å². The summed E-state index contributed by atoms with van der Waals surface area (Å²) in [6, 6.07) is 15.6. The van der Waals surface area contributed by atoms with Gasteiger partial charge in [-0.3, -0.25) is 4.79 Å². The molecule has 0 aromatic heterocycles. The predicted octanol–water partition coefficient (Wildman–Crippen LogP) is 4.55. The quantitative estimate of drug-likeness (QED) is 0.740. The highest BCUT2D eigenvalue weighted by Gasteiger charge is 2.02. The van der Waals surface area contributed by atoms with E-state index in [1.165, 1.54) is 17.3 Å². The number of carbonyl (C=O) groups is 1. The normalized spacial score (nSPS) is 10.4. The van der Waals surface area contributed by atoms with Gasteiger partial charge in [0, 0.05) is 20.9 Å². The molecule has 2 rings (SSSR count). The molecule has 0 aliphatic rings. The molecule has 0 radical (unpaired) electrons. The maximum absolute atomic E-state index is 11.8. The molecule has 0 spiro atoms. The number of amides is 1. The topological polar surface area (TPSA) is 29.1 Å². The van der Waals surface area contributed by atoms with Crippen molar-refractivity contribution < 1.29 is 4.79 Å². The number of thioether (sulfide) groups is 1. The Labute approximate surface area is 142 Å². The van der Waals surface area contributed by atoms with Gasteiger partial charge in [-0.25, -0.2) is 0 Å². The fourth-order valence-corrected chi connectivity index (χ4v) is 2.85. The molecule has 0 bridgehead atoms. The number of benzene rings is 2. The first kappa shape index (κ1) is 16.4. The molecule has 0 aliphatic heterocycles. The van der Waals surface area contributed by atoms with Crippen molar-refractivity contribution in [1.82, 2.24) is 5.32 Å². The van der Waals surface area contributed by atoms with Crippen LogP contribution in [0.3, 0.4) is 0 Å². The second kappa shape index (κ2) is 8.47. The monoisotopic (exact) mass is 383 g/mol. The molecule has 2 nitrogen and oxygen atoms in total. The van der Waals surface area contributed by atoms with E-state index in [4.69, 9.17) is 11.6 Å². The molecule has 1 N–H and O–H groups in total. The molecule has 2 aromatic carbocycles. The van der Waals surface area contributed by atoms with Crippen LogP contribution in [0.1, 0.15) is 5.56 Å². The third kappa shape index (κ3) is 6.12. The average Bonchev–Trinajstić information content (AvgIpc) is 2.49. The van der Waals surface area contributed by atoms with Gasteiger partial charge in [0.15, 0.2) is 0 Å². The molecule has 1 amide bonds. The minimum absolute atomic E-state index is 0.0527. The molecule has 0 saturated heterocycles. The number of hydrogen-bond donors (Lipinski definition) is 1. The Kier molecular flexibility index (Phi) is 6.61. The van der Waals surface area contributed by atoms with Gasteiger partial charge in [0.25, 0.3) is 0 Å². The van der Waals surface area contributed by atoms with Crippen LogP contribution in [-0.4, -0.2) is 18.2 Å². The molecule has 0 atom stereocenters. The molecule has 0 aliphatic carbocycles. The molecule has 5 heteroatoms. The molecule has 0 heterocycles. The van der Waals surface area contributed by atoms with Gasteiger partial charge in [-0.1, -0.05) is 39.7 Å². The zero-order valence-corrected chi connectivity index (χ0v) is 14.5. The number of rotatable bonds is 6. The summed E-state index contributed by atoms with van der Waals surface area (Å²) in [7, 11) is 0. The second-order valence-electron chi connectivity index (χ2n) is 4.47. The lowest BCUT2D eigenvalue weighted by molar-refractivity contribution is -0.118. The van der Waals surface area contributed by atoms with Gasteiger partial charge in [-0.15, -0.1) is 11.8 Å². The van der Waals surface area contributed by atoms with E-state index < -0.39 is 0 Å². The van der Waals surface area contributed by atoms with Crippen LogP contribution in [0, 0.1) is 0 Å². The smallest absolute Gasteiger partial charge is 0.230 e. The Morgan fingerprint density at radius 1 is 1.10 bits per heavy atom. The third-order valence-electron chi connectivity index (χ3n) is 2.83. The largest absolute Gasteiger partial charge is 0.355 e. The lowest BCUT2D eigenvalue weighted by Gasteiger charge is -2.06. The predicted molar refractivity (Wildman–Crippen MR) is 93.0 cm³/mol. The van der Waals surface area contributed by atoms with Crippen molar-refractivity contribution in [2.45, 2.75) is 11.3 Å². The summed E-state index contributed by atoms with van der Waals surface area (Å²) in [5.41, 5.74) is 1.17. The summed E-state index contributed by atoms with van der Waals surface area (Å²) >= 11 is 10.8. The Hall–Kier alpha value is -0.970. The van der Waals surface area contributed by atoms with Crippen molar-refractivity contribution in [3.8, 4) is 0 Å². The van der Waals surface area contributed by atoms with Gasteiger partial charge in [0.2, 0.25) is 5.91 Å². The van der Waals surface area contributed by atoms with Gasteiger partial charge in [-0.2, -0.15) is 0 Å². The SMILES string of the molecule is O=C(CSc1ccc(Br)cc1)NCCc1ccc(Cl)cc1. The molecular weight excluding hydrogens is 370 g/mol. The van der Waals surface area contributed by atoms with Crippen molar-refractivity contribution in [3.05, 3.63) is 63.6 Å². The summed E-state index contributed by atoms with van der Waals surface area (Å²) in [5.74, 6) is 0.485. The summed E-state index contributed by atoms with van der Waals surface area (Å²) in [4.78, 5) is 12.9. The fraction of sp³-hybridized carbons (Fsp3) is 0.188. The van der Waals surface area contributed by atoms with Gasteiger partial charge in [-0.05, 0) is 48.4 Å². The molecule has 0 unspecified atom stereocenters. The Morgan fingerprint density at radius 3 is 2.43 bits per heavy atom. The Balaban J connectivity index is 1.67. The van der Waals surface area contributed by atoms with Crippen LogP contribution < -0.4 is 5.32 Å². The Morgan fingerprint density at radius 2 is 1.76 bits per heavy atom. The van der Waals surface area contributed by atoms with Crippen molar-refractivity contribution in [1.29, 1.82) is 0 Å². The highest BCUT2D eigenvalue weighted by Crippen LogP contribution is 2.20. The van der Waals surface area contributed by atoms with E-state index in [1.807, 2.05) is 48.5 Å². The van der Waals surface area contributed by atoms with E-state index in [0.717, 1.165) is 20.8 Å². The molecular formula is C16H15BrClNOS. The van der Waals surface area contributed by atoms with Crippen molar-refractivity contribution in [2.24, 2.45) is 0 Å². The van der Waals surface area contributed by atoms with Crippen LogP contribution >= 0.6 is 39.3 Å². The third-order valence-corrected chi connectivity index (χ3v) is 4.63. The van der Waals surface area contributed by atoms with E-state index in [2.05, 4.69) is 21.2 Å². The van der Waals surface area contributed by atoms with Crippen molar-refractivity contribution >= 4 is 45.2 Å². The number of carbonyl (C=O) groups excluding carboxylic acids is 1. The number of halogens is 2. The first-order valence-corrected chi connectivity index (χ1v) is 8.68. The molecule has 0 fully saturated rings. The number of hydrogen-bond acceptors (Lipinski definition) is 2. The van der Waals surface area contributed by atoms with Crippen LogP contribution in [0.25, 0.3) is 0 Å². The van der Waals surface area contributed by atoms with Crippen LogP contribution in [0.15, 0.2) is 57.9 Å². The first-order chi connectivity index (χ1) is 10.1. The second-order valence-corrected chi connectivity index (χ2v) is 6.87. The minimum Gasteiger partial charge on any atom is -0.355 e. The molecule has 21 heavy (non-hydrogen) atoms. The highest BCUT2D eigenvalue weighted by molar-refractivity contribution is 9.10. The van der Waals surface area contributed by atoms with E-state index >= 15 is 0 Å². The molecule has 0 saturated carbocycles. The lowest BCUT2D eigenvalue weighted by atomic mass is 10.1. The van der Waals surface area contributed by atoms with Crippen LogP contribution in [0.4, 0.5) is 0 Å². The van der Waals surface area contributed by atoms with E-state index in [0.29, 0.717) is 12.3 Å². The van der Waals surface area contributed by atoms with E-state index in [-0.39, 0.29) is 5.91 Å². The molecule has 2 aromatic rings. The van der Waals surface area contributed by atoms with E-state index in [9.17, 15) is 4.79 Å². The summed E-state index contributed by atoms with van der Waals surface area (Å²) in [5, 5.41) is 3.66. The van der Waals surface area contributed by atoms with Crippen LogP contribution in [0.2, 0.25) is 5.02 Å². The minimum atomic E-state index is 0.0527. The Bertz CT molecular complexity index is 586. The lowest BCUT2D eigenvalue weighted by Crippen LogP contribution is -2.27. The number of nitrogens with one attached hydrogen (secondary N) is 1. The summed E-state index contributed by atoms with van der Waals surface area (Å²) in [6.45, 7) is 0.640. The van der Waals surface area contributed by atoms with Crippen molar-refractivity contribution in [2.75, 3.05) is 12.3 Å². The van der Waals surface area contributed by atoms with E-state index in [1.54, 1.807) is 0 Å². The van der Waals surface area contributed by atoms with Crippen LogP contribution in [-0.2, 0) is 11.2 Å². The van der Waals surface area contributed by atoms with Gasteiger partial charge in [0.1, 0.15) is 0 Å². The zero-order chi connectivity index (χ0) is 15.1. The summed E-state index contributed by atoms with van der Waals surface area (Å²) < 4.78 is 1.04. The standard InChI is InChI=1S/C16H15BrClNOS/c17-13-3-7-15(8-4-13)21-11-16(20)19-10-9-12-1-5-14(18)6-2-12/h1-8H,9-11H2,(H,19,20). The van der Waals surface area contributed by atoms with Crippen LogP contribution in [0.5, 0.6) is 0 Å². The van der Waals surface area contributed by atoms with Gasteiger partial charge >= 0.3 is 0 Å². The maximum Gasteiger partial charge on any atom is 0.230 e. The van der Waals surface area contributed by atoms with Gasteiger partial charge in [0.05, 0.1) is 5.75 Å². The average molecular weight is 385 g/mol.